The molecular formula is C21H27S. The van der Waals surface area contributed by atoms with E-state index in [0.717, 1.165) is 5.75 Å². The molecule has 0 bridgehead atoms. The summed E-state index contributed by atoms with van der Waals surface area (Å²) in [4.78, 5) is 0. The molecule has 0 fully saturated rings. The minimum absolute atomic E-state index is 0.458. The second kappa shape index (κ2) is 8.43. The molecule has 0 aliphatic heterocycles. The molecule has 2 aromatic carbocycles. The summed E-state index contributed by atoms with van der Waals surface area (Å²) in [6.45, 7) is 7.01. The second-order valence-corrected chi connectivity index (χ2v) is 6.85. The van der Waals surface area contributed by atoms with E-state index in [1.165, 1.54) is 23.1 Å². The quantitative estimate of drug-likeness (QED) is 0.576. The fourth-order valence-corrected chi connectivity index (χ4v) is 3.71. The Morgan fingerprint density at radius 3 is 2.23 bits per heavy atom. The highest BCUT2D eigenvalue weighted by Crippen LogP contribution is 2.40. The molecule has 0 nitrogen and oxygen atoms in total. The molecule has 1 radical (unpaired) electrons. The maximum absolute atomic E-state index is 2.37. The van der Waals surface area contributed by atoms with Gasteiger partial charge < -0.3 is 0 Å². The molecule has 0 spiro atoms. The molecule has 2 aromatic rings. The van der Waals surface area contributed by atoms with Crippen molar-refractivity contribution >= 4 is 11.8 Å². The average molecular weight is 312 g/mol. The third kappa shape index (κ3) is 3.95. The SMILES string of the molecule is CCC(C)[C](c1ccccc1CSC)C(C)c1ccccc1. The van der Waals surface area contributed by atoms with Crippen LogP contribution in [-0.2, 0) is 5.75 Å². The molecule has 2 unspecified atom stereocenters. The molecule has 0 heterocycles. The molecule has 0 saturated carbocycles. The van der Waals surface area contributed by atoms with Gasteiger partial charge in [-0.25, -0.2) is 0 Å². The highest BCUT2D eigenvalue weighted by Gasteiger charge is 2.27. The Balaban J connectivity index is 2.43. The van der Waals surface area contributed by atoms with Crippen molar-refractivity contribution in [2.24, 2.45) is 5.92 Å². The van der Waals surface area contributed by atoms with Gasteiger partial charge in [0.1, 0.15) is 0 Å². The largest absolute Gasteiger partial charge is 0.161 e. The Kier molecular flexibility index (Phi) is 6.57. The Bertz CT molecular complexity index is 561. The van der Waals surface area contributed by atoms with Gasteiger partial charge in [0.05, 0.1) is 0 Å². The second-order valence-electron chi connectivity index (χ2n) is 5.99. The third-order valence-corrected chi connectivity index (χ3v) is 5.14. The molecular weight excluding hydrogens is 284 g/mol. The number of benzene rings is 2. The average Bonchev–Trinajstić information content (AvgIpc) is 2.57. The van der Waals surface area contributed by atoms with Crippen LogP contribution in [0, 0.1) is 11.8 Å². The van der Waals surface area contributed by atoms with Gasteiger partial charge in [0, 0.05) is 11.7 Å². The van der Waals surface area contributed by atoms with Crippen LogP contribution in [0.4, 0.5) is 0 Å². The van der Waals surface area contributed by atoms with Crippen molar-refractivity contribution in [1.82, 2.24) is 0 Å². The zero-order valence-corrected chi connectivity index (χ0v) is 15.0. The number of thioether (sulfide) groups is 1. The minimum atomic E-state index is 0.458. The van der Waals surface area contributed by atoms with Crippen molar-refractivity contribution in [3.63, 3.8) is 0 Å². The third-order valence-electron chi connectivity index (χ3n) is 4.54. The number of hydrogen-bond acceptors (Lipinski definition) is 1. The van der Waals surface area contributed by atoms with Crippen LogP contribution >= 0.6 is 11.8 Å². The predicted octanol–water partition coefficient (Wildman–Crippen LogP) is 6.32. The first kappa shape index (κ1) is 17.1. The van der Waals surface area contributed by atoms with Gasteiger partial charge in [0.15, 0.2) is 0 Å². The standard InChI is InChI=1S/C21H27S/c1-5-16(2)21(17(3)18-11-7-6-8-12-18)20-14-10-9-13-19(20)15-22-4/h6-14,16-17H,5,15H2,1-4H3. The zero-order chi connectivity index (χ0) is 15.9. The zero-order valence-electron chi connectivity index (χ0n) is 14.2. The molecule has 2 atom stereocenters. The van der Waals surface area contributed by atoms with E-state index in [1.807, 2.05) is 11.8 Å². The maximum atomic E-state index is 2.37. The summed E-state index contributed by atoms with van der Waals surface area (Å²) in [5.74, 6) is 3.72. The topological polar surface area (TPSA) is 0 Å². The van der Waals surface area contributed by atoms with Gasteiger partial charge in [-0.1, -0.05) is 81.8 Å². The van der Waals surface area contributed by atoms with Crippen molar-refractivity contribution in [2.75, 3.05) is 6.26 Å². The van der Waals surface area contributed by atoms with Gasteiger partial charge >= 0.3 is 0 Å². The van der Waals surface area contributed by atoms with E-state index in [1.54, 1.807) is 5.92 Å². The smallest absolute Gasteiger partial charge is 0.0184 e. The molecule has 1 heteroatoms. The van der Waals surface area contributed by atoms with Crippen molar-refractivity contribution in [3.8, 4) is 0 Å². The van der Waals surface area contributed by atoms with E-state index in [2.05, 4.69) is 81.6 Å². The Morgan fingerprint density at radius 1 is 0.955 bits per heavy atom. The first-order chi connectivity index (χ1) is 10.7. The highest BCUT2D eigenvalue weighted by molar-refractivity contribution is 7.97. The molecule has 0 aliphatic carbocycles. The summed E-state index contributed by atoms with van der Waals surface area (Å²) in [6.07, 6.45) is 3.36. The van der Waals surface area contributed by atoms with Gasteiger partial charge in [-0.15, -0.1) is 0 Å². The highest BCUT2D eigenvalue weighted by atomic mass is 32.2. The van der Waals surface area contributed by atoms with Crippen LogP contribution in [0.2, 0.25) is 0 Å². The lowest BCUT2D eigenvalue weighted by molar-refractivity contribution is 0.534. The van der Waals surface area contributed by atoms with Crippen LogP contribution in [0.15, 0.2) is 54.6 Å². The van der Waals surface area contributed by atoms with E-state index in [-0.39, 0.29) is 0 Å². The normalized spacial score (nSPS) is 14.0. The molecule has 0 N–H and O–H groups in total. The molecule has 2 rings (SSSR count). The van der Waals surface area contributed by atoms with Crippen LogP contribution in [0.5, 0.6) is 0 Å². The first-order valence-corrected chi connectivity index (χ1v) is 9.57. The van der Waals surface area contributed by atoms with Crippen LogP contribution in [0.1, 0.15) is 49.8 Å². The minimum Gasteiger partial charge on any atom is -0.161 e. The summed E-state index contributed by atoms with van der Waals surface area (Å²) < 4.78 is 0. The van der Waals surface area contributed by atoms with E-state index in [4.69, 9.17) is 0 Å². The van der Waals surface area contributed by atoms with Crippen molar-refractivity contribution in [1.29, 1.82) is 0 Å². The molecule has 0 saturated heterocycles. The summed E-state index contributed by atoms with van der Waals surface area (Å²) >= 11 is 1.90. The predicted molar refractivity (Wildman–Crippen MR) is 100 cm³/mol. The van der Waals surface area contributed by atoms with Gasteiger partial charge in [0.2, 0.25) is 0 Å². The van der Waals surface area contributed by atoms with Crippen LogP contribution in [0.3, 0.4) is 0 Å². The monoisotopic (exact) mass is 311 g/mol. The fourth-order valence-electron chi connectivity index (χ4n) is 3.15. The lowest BCUT2D eigenvalue weighted by Gasteiger charge is -2.31. The van der Waals surface area contributed by atoms with E-state index in [0.29, 0.717) is 11.8 Å². The molecule has 0 aliphatic rings. The lowest BCUT2D eigenvalue weighted by atomic mass is 9.73. The van der Waals surface area contributed by atoms with Gasteiger partial charge in [-0.05, 0) is 34.8 Å². The Morgan fingerprint density at radius 2 is 1.59 bits per heavy atom. The summed E-state index contributed by atoms with van der Waals surface area (Å²) in [6, 6.07) is 19.8. The van der Waals surface area contributed by atoms with Crippen LogP contribution in [0.25, 0.3) is 0 Å². The van der Waals surface area contributed by atoms with Gasteiger partial charge in [-0.2, -0.15) is 11.8 Å². The van der Waals surface area contributed by atoms with Crippen LogP contribution in [-0.4, -0.2) is 6.26 Å². The first-order valence-electron chi connectivity index (χ1n) is 8.17. The summed E-state index contributed by atoms with van der Waals surface area (Å²) in [5, 5.41) is 0. The van der Waals surface area contributed by atoms with Crippen LogP contribution < -0.4 is 0 Å². The van der Waals surface area contributed by atoms with Gasteiger partial charge in [-0.3, -0.25) is 0 Å². The van der Waals surface area contributed by atoms with Crippen molar-refractivity contribution in [2.45, 2.75) is 38.9 Å². The molecule has 0 aromatic heterocycles. The van der Waals surface area contributed by atoms with Crippen molar-refractivity contribution in [3.05, 3.63) is 77.2 Å². The van der Waals surface area contributed by atoms with E-state index >= 15 is 0 Å². The van der Waals surface area contributed by atoms with E-state index in [9.17, 15) is 0 Å². The number of rotatable bonds is 7. The Hall–Kier alpha value is -1.21. The van der Waals surface area contributed by atoms with Crippen molar-refractivity contribution < 1.29 is 0 Å². The molecule has 117 valence electrons. The summed E-state index contributed by atoms with van der Waals surface area (Å²) in [5.41, 5.74) is 4.34. The molecule has 0 amide bonds. The fraction of sp³-hybridized carbons (Fsp3) is 0.381. The number of hydrogen-bond donors (Lipinski definition) is 0. The Labute approximate surface area is 140 Å². The van der Waals surface area contributed by atoms with E-state index < -0.39 is 0 Å². The summed E-state index contributed by atoms with van der Waals surface area (Å²) in [7, 11) is 0. The lowest BCUT2D eigenvalue weighted by Crippen LogP contribution is -2.19. The molecule has 22 heavy (non-hydrogen) atoms. The van der Waals surface area contributed by atoms with Gasteiger partial charge in [0.25, 0.3) is 0 Å². The maximum Gasteiger partial charge on any atom is 0.0184 e.